The molecule has 2 nitrogen and oxygen atoms in total. The molecule has 0 aliphatic carbocycles. The Morgan fingerprint density at radius 1 is 1.20 bits per heavy atom. The zero-order chi connectivity index (χ0) is 11.5. The van der Waals surface area contributed by atoms with Gasteiger partial charge in [-0.2, -0.15) is 0 Å². The molecule has 0 aromatic rings. The molecule has 0 amide bonds. The highest BCUT2D eigenvalue weighted by Gasteiger charge is 2.41. The minimum absolute atomic E-state index is 0.0733. The molecule has 1 heterocycles. The van der Waals surface area contributed by atoms with Crippen molar-refractivity contribution in [1.29, 1.82) is 0 Å². The number of rotatable bonds is 5. The molecule has 1 aliphatic rings. The molecule has 0 aromatic heterocycles. The summed E-state index contributed by atoms with van der Waals surface area (Å²) in [4.78, 5) is 0. The Morgan fingerprint density at radius 3 is 2.07 bits per heavy atom. The molecule has 1 rings (SSSR count). The molecule has 0 radical (unpaired) electrons. The summed E-state index contributed by atoms with van der Waals surface area (Å²) in [6, 6.07) is 0. The van der Waals surface area contributed by atoms with Gasteiger partial charge in [-0.05, 0) is 11.8 Å². The van der Waals surface area contributed by atoms with E-state index in [0.29, 0.717) is 24.3 Å². The van der Waals surface area contributed by atoms with Crippen molar-refractivity contribution in [2.24, 2.45) is 11.8 Å². The van der Waals surface area contributed by atoms with Crippen molar-refractivity contribution in [1.82, 2.24) is 0 Å². The Balaban J connectivity index is 2.61. The lowest BCUT2D eigenvalue weighted by atomic mass is 9.94. The number of halogens is 1. The molecule has 0 bridgehead atoms. The van der Waals surface area contributed by atoms with Crippen LogP contribution in [0.2, 0.25) is 0 Å². The molecule has 0 N–H and O–H groups in total. The maximum atomic E-state index is 5.97. The molecule has 1 fully saturated rings. The molecule has 15 heavy (non-hydrogen) atoms. The van der Waals surface area contributed by atoms with Crippen LogP contribution in [0.5, 0.6) is 0 Å². The van der Waals surface area contributed by atoms with Gasteiger partial charge in [0.2, 0.25) is 0 Å². The second kappa shape index (κ2) is 5.51. The molecule has 90 valence electrons. The summed E-state index contributed by atoms with van der Waals surface area (Å²) in [5, 5.41) is 0. The summed E-state index contributed by atoms with van der Waals surface area (Å²) in [5.41, 5.74) is 0. The van der Waals surface area contributed by atoms with E-state index in [9.17, 15) is 0 Å². The zero-order valence-corrected chi connectivity index (χ0v) is 11.0. The van der Waals surface area contributed by atoms with E-state index in [0.717, 1.165) is 12.8 Å². The Hall–Kier alpha value is 0.210. The van der Waals surface area contributed by atoms with Crippen molar-refractivity contribution in [3.05, 3.63) is 0 Å². The van der Waals surface area contributed by atoms with Crippen molar-refractivity contribution in [2.45, 2.75) is 52.4 Å². The second-order valence-corrected chi connectivity index (χ2v) is 5.62. The zero-order valence-electron chi connectivity index (χ0n) is 10.3. The van der Waals surface area contributed by atoms with Crippen LogP contribution in [0, 0.1) is 11.8 Å². The third-order valence-electron chi connectivity index (χ3n) is 2.52. The summed E-state index contributed by atoms with van der Waals surface area (Å²) in [5.74, 6) is 1.32. The number of alkyl halides is 1. The number of hydrogen-bond donors (Lipinski definition) is 0. The van der Waals surface area contributed by atoms with Crippen LogP contribution in [0.3, 0.4) is 0 Å². The maximum absolute atomic E-state index is 5.97. The molecule has 1 unspecified atom stereocenters. The van der Waals surface area contributed by atoms with Crippen molar-refractivity contribution < 1.29 is 9.47 Å². The SMILES string of the molecule is CC(C)CC1(CC(C)C)OCC(CCl)O1. The summed E-state index contributed by atoms with van der Waals surface area (Å²) < 4.78 is 11.8. The molecule has 1 aliphatic heterocycles. The minimum Gasteiger partial charge on any atom is -0.347 e. The fraction of sp³-hybridized carbons (Fsp3) is 1.00. The molecule has 0 spiro atoms. The van der Waals surface area contributed by atoms with Gasteiger partial charge in [0, 0.05) is 12.8 Å². The van der Waals surface area contributed by atoms with Crippen LogP contribution < -0.4 is 0 Å². The minimum atomic E-state index is -0.373. The molecular weight excluding hydrogens is 212 g/mol. The topological polar surface area (TPSA) is 18.5 Å². The predicted molar refractivity (Wildman–Crippen MR) is 63.2 cm³/mol. The Kier molecular flexibility index (Phi) is 4.88. The summed E-state index contributed by atoms with van der Waals surface area (Å²) in [7, 11) is 0. The largest absolute Gasteiger partial charge is 0.347 e. The number of hydrogen-bond acceptors (Lipinski definition) is 2. The van der Waals surface area contributed by atoms with Crippen molar-refractivity contribution in [3.63, 3.8) is 0 Å². The van der Waals surface area contributed by atoms with E-state index in [1.54, 1.807) is 0 Å². The highest BCUT2D eigenvalue weighted by molar-refractivity contribution is 6.18. The van der Waals surface area contributed by atoms with E-state index in [1.165, 1.54) is 0 Å². The van der Waals surface area contributed by atoms with Gasteiger partial charge in [-0.25, -0.2) is 0 Å². The first-order chi connectivity index (χ1) is 6.97. The van der Waals surface area contributed by atoms with Crippen LogP contribution in [-0.2, 0) is 9.47 Å². The van der Waals surface area contributed by atoms with E-state index in [-0.39, 0.29) is 11.9 Å². The Morgan fingerprint density at radius 2 is 1.73 bits per heavy atom. The summed E-state index contributed by atoms with van der Waals surface area (Å²) >= 11 is 5.80. The fourth-order valence-corrected chi connectivity index (χ4v) is 2.39. The van der Waals surface area contributed by atoms with Crippen molar-refractivity contribution in [3.8, 4) is 0 Å². The lowest BCUT2D eigenvalue weighted by Gasteiger charge is -2.31. The van der Waals surface area contributed by atoms with Gasteiger partial charge in [0.15, 0.2) is 5.79 Å². The van der Waals surface area contributed by atoms with Crippen LogP contribution >= 0.6 is 11.6 Å². The van der Waals surface area contributed by atoms with Gasteiger partial charge < -0.3 is 9.47 Å². The Bertz CT molecular complexity index is 182. The lowest BCUT2D eigenvalue weighted by Crippen LogP contribution is -2.34. The predicted octanol–water partition coefficient (Wildman–Crippen LogP) is 3.43. The molecule has 3 heteroatoms. The van der Waals surface area contributed by atoms with Gasteiger partial charge >= 0.3 is 0 Å². The van der Waals surface area contributed by atoms with Crippen LogP contribution in [0.4, 0.5) is 0 Å². The third kappa shape index (κ3) is 3.93. The van der Waals surface area contributed by atoms with Gasteiger partial charge in [-0.3, -0.25) is 0 Å². The monoisotopic (exact) mass is 234 g/mol. The van der Waals surface area contributed by atoms with Gasteiger partial charge in [-0.1, -0.05) is 27.7 Å². The first-order valence-corrected chi connectivity index (χ1v) is 6.38. The van der Waals surface area contributed by atoms with Crippen molar-refractivity contribution >= 4 is 11.6 Å². The van der Waals surface area contributed by atoms with Crippen LogP contribution in [0.25, 0.3) is 0 Å². The van der Waals surface area contributed by atoms with Crippen molar-refractivity contribution in [2.75, 3.05) is 12.5 Å². The second-order valence-electron chi connectivity index (χ2n) is 5.31. The maximum Gasteiger partial charge on any atom is 0.169 e. The molecule has 1 saturated heterocycles. The van der Waals surface area contributed by atoms with E-state index >= 15 is 0 Å². The molecular formula is C12H23ClO2. The quantitative estimate of drug-likeness (QED) is 0.679. The number of ether oxygens (including phenoxy) is 2. The smallest absolute Gasteiger partial charge is 0.169 e. The van der Waals surface area contributed by atoms with Crippen LogP contribution in [0.15, 0.2) is 0 Å². The van der Waals surface area contributed by atoms with E-state index in [4.69, 9.17) is 21.1 Å². The highest BCUT2D eigenvalue weighted by Crippen LogP contribution is 2.36. The standard InChI is InChI=1S/C12H23ClO2/c1-9(2)5-12(6-10(3)4)14-8-11(7-13)15-12/h9-11H,5-8H2,1-4H3. The van der Waals surface area contributed by atoms with E-state index < -0.39 is 0 Å². The van der Waals surface area contributed by atoms with E-state index in [1.807, 2.05) is 0 Å². The first kappa shape index (κ1) is 13.3. The van der Waals surface area contributed by atoms with Gasteiger partial charge in [0.05, 0.1) is 18.6 Å². The highest BCUT2D eigenvalue weighted by atomic mass is 35.5. The average molecular weight is 235 g/mol. The fourth-order valence-electron chi connectivity index (χ4n) is 2.23. The van der Waals surface area contributed by atoms with Crippen LogP contribution in [-0.4, -0.2) is 24.4 Å². The lowest BCUT2D eigenvalue weighted by molar-refractivity contribution is -0.187. The van der Waals surface area contributed by atoms with Gasteiger partial charge in [0.25, 0.3) is 0 Å². The normalized spacial score (nSPS) is 25.4. The van der Waals surface area contributed by atoms with Gasteiger partial charge in [0.1, 0.15) is 0 Å². The molecule has 0 aromatic carbocycles. The first-order valence-electron chi connectivity index (χ1n) is 5.85. The third-order valence-corrected chi connectivity index (χ3v) is 2.87. The van der Waals surface area contributed by atoms with Crippen LogP contribution in [0.1, 0.15) is 40.5 Å². The Labute approximate surface area is 98.3 Å². The van der Waals surface area contributed by atoms with E-state index in [2.05, 4.69) is 27.7 Å². The molecule has 1 atom stereocenters. The summed E-state index contributed by atoms with van der Waals surface area (Å²) in [6.07, 6.45) is 1.99. The van der Waals surface area contributed by atoms with Gasteiger partial charge in [-0.15, -0.1) is 11.6 Å². The average Bonchev–Trinajstić information content (AvgIpc) is 2.45. The molecule has 0 saturated carbocycles. The summed E-state index contributed by atoms with van der Waals surface area (Å²) in [6.45, 7) is 9.43.